The minimum absolute atomic E-state index is 0.154. The second-order valence-electron chi connectivity index (χ2n) is 5.82. The molecular weight excluding hydrogens is 275 g/mol. The molecule has 1 nitrogen and oxygen atoms in total. The number of hydrogen-bond acceptors (Lipinski definition) is 1. The molecule has 104 valence electrons. The lowest BCUT2D eigenvalue weighted by Crippen LogP contribution is -2.24. The number of ether oxygens (including phenoxy) is 1. The van der Waals surface area contributed by atoms with Gasteiger partial charge >= 0.3 is 0 Å². The maximum absolute atomic E-state index is 13.0. The van der Waals surface area contributed by atoms with E-state index in [0.29, 0.717) is 0 Å². The van der Waals surface area contributed by atoms with E-state index < -0.39 is 0 Å². The fourth-order valence-corrected chi connectivity index (χ4v) is 2.89. The molecule has 1 aliphatic heterocycles. The zero-order valence-electron chi connectivity index (χ0n) is 11.5. The largest absolute Gasteiger partial charge is 0.487 e. The average molecular weight is 291 g/mol. The molecule has 2 aromatic carbocycles. The first-order valence-corrected chi connectivity index (χ1v) is 7.10. The highest BCUT2D eigenvalue weighted by molar-refractivity contribution is 6.22. The van der Waals surface area contributed by atoms with Gasteiger partial charge in [-0.15, -0.1) is 11.6 Å². The van der Waals surface area contributed by atoms with Gasteiger partial charge in [0.25, 0.3) is 0 Å². The molecule has 0 aliphatic carbocycles. The predicted octanol–water partition coefficient (Wildman–Crippen LogP) is 4.87. The van der Waals surface area contributed by atoms with Crippen LogP contribution in [0.5, 0.6) is 5.75 Å². The van der Waals surface area contributed by atoms with Crippen molar-refractivity contribution in [2.24, 2.45) is 0 Å². The van der Waals surface area contributed by atoms with Crippen LogP contribution in [0.25, 0.3) is 0 Å². The summed E-state index contributed by atoms with van der Waals surface area (Å²) in [4.78, 5) is 0. The van der Waals surface area contributed by atoms with E-state index in [1.807, 2.05) is 12.1 Å². The zero-order valence-corrected chi connectivity index (χ0v) is 12.2. The van der Waals surface area contributed by atoms with E-state index >= 15 is 0 Å². The van der Waals surface area contributed by atoms with Gasteiger partial charge < -0.3 is 4.74 Å². The van der Waals surface area contributed by atoms with Gasteiger partial charge in [0.05, 0.1) is 5.38 Å². The second kappa shape index (κ2) is 4.78. The lowest BCUT2D eigenvalue weighted by atomic mass is 9.97. The fourth-order valence-electron chi connectivity index (χ4n) is 2.61. The fraction of sp³-hybridized carbons (Fsp3) is 0.294. The second-order valence-corrected chi connectivity index (χ2v) is 6.26. The van der Waals surface area contributed by atoms with E-state index in [4.69, 9.17) is 16.3 Å². The van der Waals surface area contributed by atoms with Gasteiger partial charge in [0, 0.05) is 6.42 Å². The minimum Gasteiger partial charge on any atom is -0.487 e. The summed E-state index contributed by atoms with van der Waals surface area (Å²) in [7, 11) is 0. The highest BCUT2D eigenvalue weighted by Crippen LogP contribution is 2.38. The van der Waals surface area contributed by atoms with E-state index in [1.165, 1.54) is 17.7 Å². The summed E-state index contributed by atoms with van der Waals surface area (Å²) < 4.78 is 18.8. The first kappa shape index (κ1) is 13.4. The molecule has 1 atom stereocenters. The molecule has 0 spiro atoms. The molecule has 0 saturated carbocycles. The van der Waals surface area contributed by atoms with Crippen molar-refractivity contribution in [3.05, 3.63) is 65.0 Å². The van der Waals surface area contributed by atoms with E-state index in [0.717, 1.165) is 23.3 Å². The van der Waals surface area contributed by atoms with E-state index in [1.54, 1.807) is 12.1 Å². The number of rotatable bonds is 2. The Labute approximate surface area is 123 Å². The van der Waals surface area contributed by atoms with Crippen molar-refractivity contribution in [1.82, 2.24) is 0 Å². The lowest BCUT2D eigenvalue weighted by Gasteiger charge is -2.16. The summed E-state index contributed by atoms with van der Waals surface area (Å²) in [5.74, 6) is 0.684. The third-order valence-corrected chi connectivity index (χ3v) is 4.05. The Hall–Kier alpha value is -1.54. The van der Waals surface area contributed by atoms with Gasteiger partial charge in [-0.25, -0.2) is 4.39 Å². The molecule has 0 radical (unpaired) electrons. The van der Waals surface area contributed by atoms with Gasteiger partial charge in [-0.05, 0) is 48.7 Å². The molecule has 0 fully saturated rings. The van der Waals surface area contributed by atoms with Crippen molar-refractivity contribution in [2.75, 3.05) is 0 Å². The van der Waals surface area contributed by atoms with Crippen LogP contribution in [0, 0.1) is 5.82 Å². The van der Waals surface area contributed by atoms with E-state index in [2.05, 4.69) is 19.9 Å². The summed E-state index contributed by atoms with van der Waals surface area (Å²) in [6, 6.07) is 12.3. The van der Waals surface area contributed by atoms with Crippen LogP contribution >= 0.6 is 11.6 Å². The van der Waals surface area contributed by atoms with Gasteiger partial charge in [0.15, 0.2) is 0 Å². The Kier molecular flexibility index (Phi) is 3.21. The molecule has 0 amide bonds. The number of hydrogen-bond donors (Lipinski definition) is 0. The quantitative estimate of drug-likeness (QED) is 0.717. The first-order chi connectivity index (χ1) is 9.44. The zero-order chi connectivity index (χ0) is 14.3. The molecule has 0 N–H and O–H groups in total. The smallest absolute Gasteiger partial charge is 0.123 e. The third kappa shape index (κ3) is 2.53. The summed E-state index contributed by atoms with van der Waals surface area (Å²) >= 11 is 6.49. The third-order valence-electron chi connectivity index (χ3n) is 3.54. The van der Waals surface area contributed by atoms with E-state index in [9.17, 15) is 4.39 Å². The van der Waals surface area contributed by atoms with Gasteiger partial charge in [0.2, 0.25) is 0 Å². The summed E-state index contributed by atoms with van der Waals surface area (Å²) in [5, 5.41) is -0.274. The molecule has 0 bridgehead atoms. The Bertz CT molecular complexity index is 634. The summed E-state index contributed by atoms with van der Waals surface area (Å²) in [5.41, 5.74) is 2.93. The molecule has 20 heavy (non-hydrogen) atoms. The summed E-state index contributed by atoms with van der Waals surface area (Å²) in [6.45, 7) is 4.15. The van der Waals surface area contributed by atoms with Gasteiger partial charge in [-0.2, -0.15) is 0 Å². The van der Waals surface area contributed by atoms with Crippen LogP contribution in [0.15, 0.2) is 42.5 Å². The average Bonchev–Trinajstić information content (AvgIpc) is 2.71. The van der Waals surface area contributed by atoms with Gasteiger partial charge in [-0.3, -0.25) is 0 Å². The van der Waals surface area contributed by atoms with Crippen molar-refractivity contribution < 1.29 is 9.13 Å². The summed E-state index contributed by atoms with van der Waals surface area (Å²) in [6.07, 6.45) is 0.878. The predicted molar refractivity (Wildman–Crippen MR) is 78.9 cm³/mol. The van der Waals surface area contributed by atoms with Crippen LogP contribution in [-0.2, 0) is 6.42 Å². The van der Waals surface area contributed by atoms with E-state index in [-0.39, 0.29) is 16.8 Å². The molecule has 1 unspecified atom stereocenters. The van der Waals surface area contributed by atoms with Crippen molar-refractivity contribution in [3.8, 4) is 5.75 Å². The standard InChI is InChI=1S/C17H16ClFO/c1-17(2)10-13-9-12(5-8-15(13)20-17)16(18)11-3-6-14(19)7-4-11/h3-9,16H,10H2,1-2H3. The van der Waals surface area contributed by atoms with Crippen molar-refractivity contribution in [3.63, 3.8) is 0 Å². The van der Waals surface area contributed by atoms with Crippen LogP contribution in [-0.4, -0.2) is 5.60 Å². The number of fused-ring (bicyclic) bond motifs is 1. The molecule has 1 aliphatic rings. The normalized spacial score (nSPS) is 17.4. The molecule has 0 aromatic heterocycles. The Morgan fingerprint density at radius 2 is 1.75 bits per heavy atom. The molecule has 0 saturated heterocycles. The SMILES string of the molecule is CC1(C)Cc2cc(C(Cl)c3ccc(F)cc3)ccc2O1. The molecule has 3 heteroatoms. The number of halogens is 2. The van der Waals surface area contributed by atoms with Gasteiger partial charge in [0.1, 0.15) is 17.2 Å². The molecule has 3 rings (SSSR count). The maximum Gasteiger partial charge on any atom is 0.123 e. The van der Waals surface area contributed by atoms with Crippen LogP contribution in [0.4, 0.5) is 4.39 Å². The van der Waals surface area contributed by atoms with Crippen LogP contribution in [0.3, 0.4) is 0 Å². The Morgan fingerprint density at radius 3 is 2.45 bits per heavy atom. The topological polar surface area (TPSA) is 9.23 Å². The number of benzene rings is 2. The molecule has 1 heterocycles. The van der Waals surface area contributed by atoms with Crippen molar-refractivity contribution in [1.29, 1.82) is 0 Å². The maximum atomic E-state index is 13.0. The number of alkyl halides is 1. The molecular formula is C17H16ClFO. The highest BCUT2D eigenvalue weighted by atomic mass is 35.5. The lowest BCUT2D eigenvalue weighted by molar-refractivity contribution is 0.138. The van der Waals surface area contributed by atoms with Gasteiger partial charge in [-0.1, -0.05) is 24.3 Å². The Balaban J connectivity index is 1.90. The van der Waals surface area contributed by atoms with Crippen LogP contribution < -0.4 is 4.74 Å². The Morgan fingerprint density at radius 1 is 1.10 bits per heavy atom. The van der Waals surface area contributed by atoms with Crippen LogP contribution in [0.1, 0.15) is 35.9 Å². The molecule has 2 aromatic rings. The first-order valence-electron chi connectivity index (χ1n) is 6.66. The monoisotopic (exact) mass is 290 g/mol. The highest BCUT2D eigenvalue weighted by Gasteiger charge is 2.30. The van der Waals surface area contributed by atoms with Crippen molar-refractivity contribution in [2.45, 2.75) is 31.2 Å². The minimum atomic E-state index is -0.274. The van der Waals surface area contributed by atoms with Crippen molar-refractivity contribution >= 4 is 11.6 Å². The van der Waals surface area contributed by atoms with Crippen LogP contribution in [0.2, 0.25) is 0 Å².